The number of hydrogen-bond donors (Lipinski definition) is 5. The lowest BCUT2D eigenvalue weighted by atomic mass is 9.92. The molecule has 0 heterocycles. The van der Waals surface area contributed by atoms with Gasteiger partial charge in [-0.3, -0.25) is 10.0 Å². The molecule has 0 radical (unpaired) electrons. The number of allylic oxidation sites excluding steroid dienone is 2. The van der Waals surface area contributed by atoms with Crippen LogP contribution in [0, 0.1) is 11.8 Å². The van der Waals surface area contributed by atoms with Crippen LogP contribution in [0.4, 0.5) is 0 Å². The van der Waals surface area contributed by atoms with E-state index < -0.39 is 18.1 Å². The third-order valence-corrected chi connectivity index (χ3v) is 5.58. The Bertz CT molecular complexity index is 529. The molecule has 0 saturated carbocycles. The van der Waals surface area contributed by atoms with E-state index >= 15 is 0 Å². The zero-order chi connectivity index (χ0) is 23.3. The standard InChI is InChI=1S/C22H44N4O4/c1-16(2)25(7)14-18(4)17(3)10-13-24-19(5)8-9-22(29)26(30)15-21(28)20(27)11-12-23-6/h17-18,20-21,23-24,27-28,30H,1,5,8-15H2,2-4,6-7H3. The third-order valence-electron chi connectivity index (χ3n) is 5.58. The molecule has 176 valence electrons. The maximum absolute atomic E-state index is 12.0. The Morgan fingerprint density at radius 3 is 2.20 bits per heavy atom. The van der Waals surface area contributed by atoms with Gasteiger partial charge in [-0.25, -0.2) is 5.06 Å². The molecule has 0 aromatic rings. The summed E-state index contributed by atoms with van der Waals surface area (Å²) in [4.78, 5) is 14.2. The average Bonchev–Trinajstić information content (AvgIpc) is 2.69. The van der Waals surface area contributed by atoms with E-state index in [4.69, 9.17) is 0 Å². The van der Waals surface area contributed by atoms with Gasteiger partial charge in [-0.15, -0.1) is 0 Å². The highest BCUT2D eigenvalue weighted by Crippen LogP contribution is 2.17. The molecule has 5 N–H and O–H groups in total. The first-order valence-electron chi connectivity index (χ1n) is 10.8. The number of carbonyl (C=O) groups excluding carboxylic acids is 1. The SMILES string of the molecule is C=C(CCC(=O)N(O)CC(O)C(O)CCNC)NCCC(C)C(C)CN(C)C(=C)C. The number of nitrogens with one attached hydrogen (secondary N) is 2. The van der Waals surface area contributed by atoms with Gasteiger partial charge in [-0.05, 0) is 51.6 Å². The van der Waals surface area contributed by atoms with E-state index in [9.17, 15) is 20.2 Å². The van der Waals surface area contributed by atoms with Gasteiger partial charge in [0.05, 0.1) is 18.8 Å². The molecular formula is C22H44N4O4. The van der Waals surface area contributed by atoms with Gasteiger partial charge < -0.3 is 25.7 Å². The molecule has 0 saturated heterocycles. The van der Waals surface area contributed by atoms with Gasteiger partial charge in [0.15, 0.2) is 0 Å². The Kier molecular flexibility index (Phi) is 14.4. The molecule has 0 aliphatic carbocycles. The largest absolute Gasteiger partial charge is 0.390 e. The number of hydrogen-bond acceptors (Lipinski definition) is 7. The fourth-order valence-corrected chi connectivity index (χ4v) is 2.89. The molecule has 4 unspecified atom stereocenters. The fraction of sp³-hybridized carbons (Fsp3) is 0.773. The van der Waals surface area contributed by atoms with Crippen LogP contribution < -0.4 is 10.6 Å². The zero-order valence-electron chi connectivity index (χ0n) is 19.5. The lowest BCUT2D eigenvalue weighted by Gasteiger charge is -2.27. The van der Waals surface area contributed by atoms with Crippen LogP contribution in [0.15, 0.2) is 24.6 Å². The van der Waals surface area contributed by atoms with Gasteiger partial charge in [0, 0.05) is 38.0 Å². The first kappa shape index (κ1) is 28.4. The topological polar surface area (TPSA) is 108 Å². The minimum atomic E-state index is -1.19. The van der Waals surface area contributed by atoms with Crippen LogP contribution in [0.1, 0.15) is 46.5 Å². The minimum Gasteiger partial charge on any atom is -0.390 e. The predicted molar refractivity (Wildman–Crippen MR) is 121 cm³/mol. The summed E-state index contributed by atoms with van der Waals surface area (Å²) in [5.41, 5.74) is 1.80. The van der Waals surface area contributed by atoms with E-state index in [2.05, 4.69) is 49.6 Å². The van der Waals surface area contributed by atoms with Crippen molar-refractivity contribution in [3.05, 3.63) is 24.6 Å². The van der Waals surface area contributed by atoms with E-state index in [0.29, 0.717) is 36.3 Å². The molecule has 1 amide bonds. The number of rotatable bonds is 17. The van der Waals surface area contributed by atoms with Gasteiger partial charge in [-0.2, -0.15) is 0 Å². The number of aliphatic hydroxyl groups is 2. The van der Waals surface area contributed by atoms with Crippen LogP contribution in [0.5, 0.6) is 0 Å². The summed E-state index contributed by atoms with van der Waals surface area (Å²) in [6.45, 7) is 16.3. The normalized spacial score (nSPS) is 15.1. The molecule has 4 atom stereocenters. The second-order valence-corrected chi connectivity index (χ2v) is 8.39. The highest BCUT2D eigenvalue weighted by atomic mass is 16.5. The first-order chi connectivity index (χ1) is 14.0. The second kappa shape index (κ2) is 15.2. The summed E-state index contributed by atoms with van der Waals surface area (Å²) < 4.78 is 0. The van der Waals surface area contributed by atoms with Crippen molar-refractivity contribution >= 4 is 5.91 Å². The maximum atomic E-state index is 12.0. The van der Waals surface area contributed by atoms with Crippen LogP contribution in [0.3, 0.4) is 0 Å². The van der Waals surface area contributed by atoms with Crippen LogP contribution in [-0.4, -0.2) is 83.8 Å². The molecule has 0 aromatic carbocycles. The number of aliphatic hydroxyl groups excluding tert-OH is 2. The van der Waals surface area contributed by atoms with Gasteiger partial charge in [-0.1, -0.05) is 27.0 Å². The summed E-state index contributed by atoms with van der Waals surface area (Å²) in [6, 6.07) is 0. The van der Waals surface area contributed by atoms with Crippen LogP contribution in [-0.2, 0) is 4.79 Å². The highest BCUT2D eigenvalue weighted by molar-refractivity contribution is 5.75. The molecule has 0 bridgehead atoms. The highest BCUT2D eigenvalue weighted by Gasteiger charge is 2.21. The van der Waals surface area contributed by atoms with Gasteiger partial charge in [0.25, 0.3) is 0 Å². The predicted octanol–water partition coefficient (Wildman–Crippen LogP) is 1.55. The smallest absolute Gasteiger partial charge is 0.246 e. The lowest BCUT2D eigenvalue weighted by Crippen LogP contribution is -2.41. The number of nitrogens with zero attached hydrogens (tertiary/aromatic N) is 2. The first-order valence-corrected chi connectivity index (χ1v) is 10.8. The van der Waals surface area contributed by atoms with Crippen molar-refractivity contribution in [2.24, 2.45) is 11.8 Å². The molecule has 8 nitrogen and oxygen atoms in total. The molecule has 0 fully saturated rings. The third kappa shape index (κ3) is 12.2. The quantitative estimate of drug-likeness (QED) is 0.177. The Morgan fingerprint density at radius 2 is 1.63 bits per heavy atom. The molecular weight excluding hydrogens is 384 g/mol. The number of amides is 1. The molecule has 0 rings (SSSR count). The Labute approximate surface area is 182 Å². The van der Waals surface area contributed by atoms with Crippen molar-refractivity contribution in [2.45, 2.75) is 58.7 Å². The Balaban J connectivity index is 4.12. The van der Waals surface area contributed by atoms with E-state index in [1.165, 1.54) is 0 Å². The van der Waals surface area contributed by atoms with E-state index in [1.807, 2.05) is 6.92 Å². The van der Waals surface area contributed by atoms with Crippen molar-refractivity contribution < 1.29 is 20.2 Å². The molecule has 0 aliphatic heterocycles. The molecule has 8 heteroatoms. The van der Waals surface area contributed by atoms with E-state index in [1.54, 1.807) is 7.05 Å². The van der Waals surface area contributed by atoms with Crippen molar-refractivity contribution in [1.82, 2.24) is 20.6 Å². The summed E-state index contributed by atoms with van der Waals surface area (Å²) >= 11 is 0. The van der Waals surface area contributed by atoms with E-state index in [0.717, 1.165) is 30.9 Å². The van der Waals surface area contributed by atoms with Crippen molar-refractivity contribution in [3.63, 3.8) is 0 Å². The van der Waals surface area contributed by atoms with Crippen molar-refractivity contribution in [1.29, 1.82) is 0 Å². The number of hydroxylamine groups is 2. The second-order valence-electron chi connectivity index (χ2n) is 8.39. The van der Waals surface area contributed by atoms with Crippen LogP contribution in [0.25, 0.3) is 0 Å². The summed E-state index contributed by atoms with van der Waals surface area (Å²) in [5.74, 6) is 0.543. The van der Waals surface area contributed by atoms with E-state index in [-0.39, 0.29) is 13.0 Å². The van der Waals surface area contributed by atoms with Crippen LogP contribution in [0.2, 0.25) is 0 Å². The molecule has 0 aromatic heterocycles. The van der Waals surface area contributed by atoms with Crippen LogP contribution >= 0.6 is 0 Å². The number of carbonyl (C=O) groups is 1. The maximum Gasteiger partial charge on any atom is 0.246 e. The molecule has 0 aliphatic rings. The fourth-order valence-electron chi connectivity index (χ4n) is 2.89. The minimum absolute atomic E-state index is 0.0804. The van der Waals surface area contributed by atoms with Gasteiger partial charge in [0.1, 0.15) is 0 Å². The molecule has 0 spiro atoms. The monoisotopic (exact) mass is 428 g/mol. The van der Waals surface area contributed by atoms with Gasteiger partial charge in [0.2, 0.25) is 5.91 Å². The van der Waals surface area contributed by atoms with Crippen molar-refractivity contribution in [2.75, 3.05) is 40.3 Å². The zero-order valence-corrected chi connectivity index (χ0v) is 19.5. The summed E-state index contributed by atoms with van der Waals surface area (Å²) in [6.07, 6.45) is -0.396. The average molecular weight is 429 g/mol. The summed E-state index contributed by atoms with van der Waals surface area (Å²) in [5, 5.41) is 36.1. The van der Waals surface area contributed by atoms with Gasteiger partial charge >= 0.3 is 0 Å². The van der Waals surface area contributed by atoms with Crippen molar-refractivity contribution in [3.8, 4) is 0 Å². The summed E-state index contributed by atoms with van der Waals surface area (Å²) in [7, 11) is 3.79. The molecule has 30 heavy (non-hydrogen) atoms. The lowest BCUT2D eigenvalue weighted by molar-refractivity contribution is -0.174. The Morgan fingerprint density at radius 1 is 1.00 bits per heavy atom. The Hall–Kier alpha value is -1.61.